The molecule has 0 spiro atoms. The second-order valence-corrected chi connectivity index (χ2v) is 5.92. The van der Waals surface area contributed by atoms with Crippen molar-refractivity contribution in [2.24, 2.45) is 0 Å². The lowest BCUT2D eigenvalue weighted by Gasteiger charge is -2.19. The van der Waals surface area contributed by atoms with Crippen LogP contribution >= 0.6 is 0 Å². The highest BCUT2D eigenvalue weighted by Crippen LogP contribution is 2.28. The Morgan fingerprint density at radius 2 is 1.89 bits per heavy atom. The van der Waals surface area contributed by atoms with Crippen LogP contribution in [-0.4, -0.2) is 41.7 Å². The fourth-order valence-corrected chi connectivity index (χ4v) is 2.71. The van der Waals surface area contributed by atoms with Crippen LogP contribution in [-0.2, 0) is 6.54 Å². The van der Waals surface area contributed by atoms with Crippen LogP contribution in [0.3, 0.4) is 0 Å². The average molecular weight is 379 g/mol. The Hall–Kier alpha value is -3.61. The molecule has 28 heavy (non-hydrogen) atoms. The second-order valence-electron chi connectivity index (χ2n) is 5.92. The van der Waals surface area contributed by atoms with Gasteiger partial charge in [0.05, 0.1) is 14.2 Å². The van der Waals surface area contributed by atoms with Crippen molar-refractivity contribution in [3.05, 3.63) is 72.6 Å². The fourth-order valence-electron chi connectivity index (χ4n) is 2.71. The molecular formula is C21H21N3O4. The van der Waals surface area contributed by atoms with E-state index in [-0.39, 0.29) is 12.5 Å². The lowest BCUT2D eigenvalue weighted by Crippen LogP contribution is -2.30. The molecule has 0 aliphatic carbocycles. The van der Waals surface area contributed by atoms with Crippen LogP contribution in [0.4, 0.5) is 0 Å². The van der Waals surface area contributed by atoms with E-state index in [1.54, 1.807) is 36.3 Å². The van der Waals surface area contributed by atoms with E-state index >= 15 is 0 Å². The molecular weight excluding hydrogens is 358 g/mol. The predicted molar refractivity (Wildman–Crippen MR) is 104 cm³/mol. The Bertz CT molecular complexity index is 953. The van der Waals surface area contributed by atoms with Gasteiger partial charge >= 0.3 is 0 Å². The zero-order valence-corrected chi connectivity index (χ0v) is 15.8. The number of nitrogens with zero attached hydrogens (tertiary/aromatic N) is 3. The first kappa shape index (κ1) is 19.2. The number of aromatic nitrogens is 2. The molecule has 0 atom stereocenters. The standard InChI is InChI=1S/C21H21N3O4/c1-4-12-24(21(25)16-10-11-17(26-2)18(13-16)27-3)14-19-22-20(23-28-19)15-8-6-5-7-9-15/h4-11,13H,1,12,14H2,2-3H3. The van der Waals surface area contributed by atoms with Gasteiger partial charge in [0, 0.05) is 17.7 Å². The maximum atomic E-state index is 13.0. The summed E-state index contributed by atoms with van der Waals surface area (Å²) in [4.78, 5) is 18.9. The van der Waals surface area contributed by atoms with Gasteiger partial charge in [-0.25, -0.2) is 0 Å². The molecule has 7 heteroatoms. The zero-order chi connectivity index (χ0) is 19.9. The van der Waals surface area contributed by atoms with E-state index in [9.17, 15) is 4.79 Å². The van der Waals surface area contributed by atoms with Gasteiger partial charge in [-0.15, -0.1) is 6.58 Å². The minimum atomic E-state index is -0.208. The number of ether oxygens (including phenoxy) is 2. The number of benzene rings is 2. The lowest BCUT2D eigenvalue weighted by molar-refractivity contribution is 0.0745. The first-order valence-corrected chi connectivity index (χ1v) is 8.66. The minimum absolute atomic E-state index is 0.166. The van der Waals surface area contributed by atoms with Gasteiger partial charge in [0.1, 0.15) is 6.54 Å². The summed E-state index contributed by atoms with van der Waals surface area (Å²) in [6.07, 6.45) is 1.65. The Morgan fingerprint density at radius 1 is 1.14 bits per heavy atom. The summed E-state index contributed by atoms with van der Waals surface area (Å²) in [5.41, 5.74) is 1.31. The molecule has 3 rings (SSSR count). The van der Waals surface area contributed by atoms with Crippen molar-refractivity contribution >= 4 is 5.91 Å². The highest BCUT2D eigenvalue weighted by Gasteiger charge is 2.20. The molecule has 3 aromatic rings. The minimum Gasteiger partial charge on any atom is -0.493 e. The van der Waals surface area contributed by atoms with E-state index in [1.165, 1.54) is 7.11 Å². The van der Waals surface area contributed by atoms with Crippen LogP contribution in [0.25, 0.3) is 11.4 Å². The Morgan fingerprint density at radius 3 is 2.57 bits per heavy atom. The number of hydrogen-bond acceptors (Lipinski definition) is 6. The number of carbonyl (C=O) groups is 1. The lowest BCUT2D eigenvalue weighted by atomic mass is 10.1. The molecule has 1 aromatic heterocycles. The van der Waals surface area contributed by atoms with Crippen LogP contribution < -0.4 is 9.47 Å². The third-order valence-corrected chi connectivity index (χ3v) is 4.09. The molecule has 0 saturated carbocycles. The molecule has 0 fully saturated rings. The van der Waals surface area contributed by atoms with Gasteiger partial charge in [-0.3, -0.25) is 4.79 Å². The molecule has 1 heterocycles. The zero-order valence-electron chi connectivity index (χ0n) is 15.8. The smallest absolute Gasteiger partial charge is 0.254 e. The molecule has 144 valence electrons. The summed E-state index contributed by atoms with van der Waals surface area (Å²) < 4.78 is 15.8. The Labute approximate surface area is 163 Å². The van der Waals surface area contributed by atoms with Crippen molar-refractivity contribution in [2.75, 3.05) is 20.8 Å². The van der Waals surface area contributed by atoms with Gasteiger partial charge in [-0.05, 0) is 18.2 Å². The maximum absolute atomic E-state index is 13.0. The van der Waals surface area contributed by atoms with Crippen LogP contribution in [0.1, 0.15) is 16.2 Å². The summed E-state index contributed by atoms with van der Waals surface area (Å²) in [6, 6.07) is 14.5. The van der Waals surface area contributed by atoms with E-state index in [1.807, 2.05) is 30.3 Å². The highest BCUT2D eigenvalue weighted by atomic mass is 16.5. The normalized spacial score (nSPS) is 10.4. The number of amides is 1. The van der Waals surface area contributed by atoms with E-state index in [4.69, 9.17) is 14.0 Å². The number of carbonyl (C=O) groups excluding carboxylic acids is 1. The van der Waals surface area contributed by atoms with E-state index in [2.05, 4.69) is 16.7 Å². The van der Waals surface area contributed by atoms with Gasteiger partial charge < -0.3 is 18.9 Å². The van der Waals surface area contributed by atoms with Crippen LogP contribution in [0.2, 0.25) is 0 Å². The largest absolute Gasteiger partial charge is 0.493 e. The van der Waals surface area contributed by atoms with Gasteiger partial charge in [0.25, 0.3) is 5.91 Å². The molecule has 7 nitrogen and oxygen atoms in total. The van der Waals surface area contributed by atoms with Crippen molar-refractivity contribution in [2.45, 2.75) is 6.54 Å². The van der Waals surface area contributed by atoms with Gasteiger partial charge in [-0.1, -0.05) is 41.6 Å². The maximum Gasteiger partial charge on any atom is 0.254 e. The molecule has 0 N–H and O–H groups in total. The van der Waals surface area contributed by atoms with Gasteiger partial charge in [-0.2, -0.15) is 4.98 Å². The van der Waals surface area contributed by atoms with Gasteiger partial charge in [0.2, 0.25) is 11.7 Å². The molecule has 0 unspecified atom stereocenters. The van der Waals surface area contributed by atoms with Crippen molar-refractivity contribution < 1.29 is 18.8 Å². The van der Waals surface area contributed by atoms with E-state index in [0.717, 1.165) is 5.56 Å². The van der Waals surface area contributed by atoms with Gasteiger partial charge in [0.15, 0.2) is 11.5 Å². The summed E-state index contributed by atoms with van der Waals surface area (Å²) in [6.45, 7) is 4.22. The summed E-state index contributed by atoms with van der Waals surface area (Å²) >= 11 is 0. The first-order valence-electron chi connectivity index (χ1n) is 8.66. The van der Waals surface area contributed by atoms with Crippen LogP contribution in [0.5, 0.6) is 11.5 Å². The van der Waals surface area contributed by atoms with Crippen LogP contribution in [0.15, 0.2) is 65.7 Å². The molecule has 0 saturated heterocycles. The monoisotopic (exact) mass is 379 g/mol. The van der Waals surface area contributed by atoms with Crippen LogP contribution in [0, 0.1) is 0 Å². The van der Waals surface area contributed by atoms with Crippen molar-refractivity contribution in [3.8, 4) is 22.9 Å². The summed E-state index contributed by atoms with van der Waals surface area (Å²) in [7, 11) is 3.07. The Balaban J connectivity index is 1.81. The number of rotatable bonds is 8. The molecule has 1 amide bonds. The topological polar surface area (TPSA) is 77.7 Å². The number of methoxy groups -OCH3 is 2. The van der Waals surface area contributed by atoms with E-state index < -0.39 is 0 Å². The summed E-state index contributed by atoms with van der Waals surface area (Å²) in [5, 5.41) is 4.00. The highest BCUT2D eigenvalue weighted by molar-refractivity contribution is 5.95. The third kappa shape index (κ3) is 4.20. The Kier molecular flexibility index (Phi) is 6.06. The van der Waals surface area contributed by atoms with Crippen molar-refractivity contribution in [1.29, 1.82) is 0 Å². The van der Waals surface area contributed by atoms with E-state index in [0.29, 0.717) is 35.3 Å². The average Bonchev–Trinajstić information content (AvgIpc) is 3.21. The summed E-state index contributed by atoms with van der Waals surface area (Å²) in [5.74, 6) is 1.65. The molecule has 2 aromatic carbocycles. The molecule has 0 aliphatic heterocycles. The molecule has 0 bridgehead atoms. The third-order valence-electron chi connectivity index (χ3n) is 4.09. The van der Waals surface area contributed by atoms with Crippen molar-refractivity contribution in [3.63, 3.8) is 0 Å². The quantitative estimate of drug-likeness (QED) is 0.557. The predicted octanol–water partition coefficient (Wildman–Crippen LogP) is 3.58. The number of hydrogen-bond donors (Lipinski definition) is 0. The molecule has 0 aliphatic rings. The fraction of sp³-hybridized carbons (Fsp3) is 0.190. The SMILES string of the molecule is C=CCN(Cc1nc(-c2ccccc2)no1)C(=O)c1ccc(OC)c(OC)c1. The van der Waals surface area contributed by atoms with Crippen molar-refractivity contribution in [1.82, 2.24) is 15.0 Å². The second kappa shape index (κ2) is 8.85. The molecule has 0 radical (unpaired) electrons. The first-order chi connectivity index (χ1) is 13.7.